The molecule has 0 fully saturated rings. The van der Waals surface area contributed by atoms with Crippen molar-refractivity contribution in [1.29, 1.82) is 0 Å². The van der Waals surface area contributed by atoms with Crippen molar-refractivity contribution in [3.8, 4) is 5.69 Å². The molecule has 0 saturated heterocycles. The maximum atomic E-state index is 13.7. The minimum absolute atomic E-state index is 0.135. The number of benzene rings is 1. The lowest BCUT2D eigenvalue weighted by molar-refractivity contribution is 0.392. The number of nitrogens with zero attached hydrogens (tertiary/aromatic N) is 3. The summed E-state index contributed by atoms with van der Waals surface area (Å²) in [5.74, 6) is -0.230. The smallest absolute Gasteiger partial charge is 0.151 e. The van der Waals surface area contributed by atoms with Gasteiger partial charge in [0.1, 0.15) is 17.3 Å². The molecule has 0 spiro atoms. The molecule has 0 bridgehead atoms. The zero-order chi connectivity index (χ0) is 16.4. The molecule has 23 heavy (non-hydrogen) atoms. The number of rotatable bonds is 5. The van der Waals surface area contributed by atoms with Crippen molar-refractivity contribution >= 4 is 10.8 Å². The lowest BCUT2D eigenvalue weighted by Gasteiger charge is -2.03. The normalized spacial score (nSPS) is 12.5. The molecule has 1 atom stereocenters. The van der Waals surface area contributed by atoms with E-state index in [0.717, 1.165) is 12.1 Å². The first-order chi connectivity index (χ1) is 11.0. The summed E-state index contributed by atoms with van der Waals surface area (Å²) < 4.78 is 45.0. The minimum Gasteiger partial charge on any atom is -0.361 e. The van der Waals surface area contributed by atoms with Crippen LogP contribution in [-0.4, -0.2) is 19.1 Å². The summed E-state index contributed by atoms with van der Waals surface area (Å²) in [6.07, 6.45) is 1.54. The second kappa shape index (κ2) is 6.41. The van der Waals surface area contributed by atoms with Gasteiger partial charge in [-0.3, -0.25) is 4.21 Å². The molecule has 0 N–H and O–H groups in total. The molecule has 8 heteroatoms. The molecule has 0 unspecified atom stereocenters. The van der Waals surface area contributed by atoms with Crippen molar-refractivity contribution in [2.24, 2.45) is 0 Å². The van der Waals surface area contributed by atoms with Crippen molar-refractivity contribution in [2.75, 3.05) is 0 Å². The topological polar surface area (TPSA) is 60.9 Å². The Balaban J connectivity index is 1.70. The Morgan fingerprint density at radius 1 is 1.17 bits per heavy atom. The summed E-state index contributed by atoms with van der Waals surface area (Å²) in [4.78, 5) is 0. The number of hydrogen-bond acceptors (Lipinski definition) is 4. The van der Waals surface area contributed by atoms with Crippen LogP contribution >= 0.6 is 0 Å². The highest BCUT2D eigenvalue weighted by Gasteiger charge is 2.11. The van der Waals surface area contributed by atoms with Crippen LogP contribution in [0.4, 0.5) is 8.78 Å². The molecule has 2 heterocycles. The van der Waals surface area contributed by atoms with Gasteiger partial charge >= 0.3 is 0 Å². The SMILES string of the molecule is Cc1cc(C[S@](=O)Cc2ccn(-c3ccc(F)cc3F)n2)no1. The van der Waals surface area contributed by atoms with Crippen LogP contribution in [0.3, 0.4) is 0 Å². The van der Waals surface area contributed by atoms with Gasteiger partial charge in [0.2, 0.25) is 0 Å². The largest absolute Gasteiger partial charge is 0.361 e. The van der Waals surface area contributed by atoms with E-state index in [0.29, 0.717) is 17.1 Å². The van der Waals surface area contributed by atoms with Crippen LogP contribution in [0.2, 0.25) is 0 Å². The maximum Gasteiger partial charge on any atom is 0.151 e. The number of hydrogen-bond donors (Lipinski definition) is 0. The highest BCUT2D eigenvalue weighted by Crippen LogP contribution is 2.15. The molecule has 3 aromatic rings. The van der Waals surface area contributed by atoms with E-state index in [9.17, 15) is 13.0 Å². The van der Waals surface area contributed by atoms with Gasteiger partial charge in [0.05, 0.1) is 22.9 Å². The van der Waals surface area contributed by atoms with E-state index in [1.165, 1.54) is 10.7 Å². The summed E-state index contributed by atoms with van der Waals surface area (Å²) >= 11 is 0. The van der Waals surface area contributed by atoms with E-state index in [1.807, 2.05) is 0 Å². The summed E-state index contributed by atoms with van der Waals surface area (Å²) in [7, 11) is -1.21. The van der Waals surface area contributed by atoms with Gasteiger partial charge in [0.15, 0.2) is 5.82 Å². The molecule has 0 aliphatic heterocycles. The molecular weight excluding hydrogens is 324 g/mol. The van der Waals surface area contributed by atoms with Crippen molar-refractivity contribution in [2.45, 2.75) is 18.4 Å². The van der Waals surface area contributed by atoms with Crippen LogP contribution in [0.15, 0.2) is 41.1 Å². The van der Waals surface area contributed by atoms with Crippen LogP contribution in [-0.2, 0) is 22.3 Å². The minimum atomic E-state index is -1.21. The molecule has 2 aromatic heterocycles. The molecule has 0 saturated carbocycles. The number of aryl methyl sites for hydroxylation is 1. The van der Waals surface area contributed by atoms with Gasteiger partial charge in [-0.15, -0.1) is 0 Å². The Kier molecular flexibility index (Phi) is 4.33. The molecule has 0 radical (unpaired) electrons. The van der Waals surface area contributed by atoms with Crippen molar-refractivity contribution in [3.05, 3.63) is 65.3 Å². The average Bonchev–Trinajstić information content (AvgIpc) is 3.08. The Labute approximate surface area is 133 Å². The highest BCUT2D eigenvalue weighted by atomic mass is 32.2. The maximum absolute atomic E-state index is 13.7. The van der Waals surface area contributed by atoms with Gasteiger partial charge in [-0.05, 0) is 25.1 Å². The molecule has 3 rings (SSSR count). The first-order valence-electron chi connectivity index (χ1n) is 6.78. The van der Waals surface area contributed by atoms with E-state index < -0.39 is 22.4 Å². The van der Waals surface area contributed by atoms with E-state index in [-0.39, 0.29) is 17.2 Å². The predicted molar refractivity (Wildman–Crippen MR) is 80.3 cm³/mol. The van der Waals surface area contributed by atoms with Gasteiger partial charge in [-0.2, -0.15) is 5.10 Å². The first-order valence-corrected chi connectivity index (χ1v) is 8.27. The Hall–Kier alpha value is -2.35. The second-order valence-electron chi connectivity index (χ2n) is 5.00. The van der Waals surface area contributed by atoms with Crippen LogP contribution in [0, 0.1) is 18.6 Å². The first kappa shape index (κ1) is 15.5. The van der Waals surface area contributed by atoms with E-state index in [2.05, 4.69) is 10.3 Å². The predicted octanol–water partition coefficient (Wildman–Crippen LogP) is 2.90. The molecule has 5 nitrogen and oxygen atoms in total. The number of halogens is 2. The van der Waals surface area contributed by atoms with Crippen LogP contribution in [0.1, 0.15) is 17.1 Å². The molecule has 0 aliphatic carbocycles. The van der Waals surface area contributed by atoms with E-state index in [1.54, 1.807) is 25.3 Å². The lowest BCUT2D eigenvalue weighted by Crippen LogP contribution is -2.03. The highest BCUT2D eigenvalue weighted by molar-refractivity contribution is 7.83. The zero-order valence-corrected chi connectivity index (χ0v) is 13.0. The van der Waals surface area contributed by atoms with E-state index >= 15 is 0 Å². The summed E-state index contributed by atoms with van der Waals surface area (Å²) in [5, 5.41) is 7.97. The number of aromatic nitrogens is 3. The molecular formula is C15H13F2N3O2S. The fourth-order valence-corrected chi connectivity index (χ4v) is 3.16. The Morgan fingerprint density at radius 3 is 2.65 bits per heavy atom. The van der Waals surface area contributed by atoms with Crippen LogP contribution < -0.4 is 0 Å². The summed E-state index contributed by atoms with van der Waals surface area (Å²) in [5.41, 5.74) is 1.30. The quantitative estimate of drug-likeness (QED) is 0.718. The van der Waals surface area contributed by atoms with Gasteiger partial charge in [0.25, 0.3) is 0 Å². The van der Waals surface area contributed by atoms with Gasteiger partial charge in [-0.25, -0.2) is 13.5 Å². The fourth-order valence-electron chi connectivity index (χ4n) is 2.11. The summed E-state index contributed by atoms with van der Waals surface area (Å²) in [6.45, 7) is 1.76. The Morgan fingerprint density at radius 2 is 1.96 bits per heavy atom. The van der Waals surface area contributed by atoms with Gasteiger partial charge < -0.3 is 4.52 Å². The Bertz CT molecular complexity index is 860. The monoisotopic (exact) mass is 337 g/mol. The summed E-state index contributed by atoms with van der Waals surface area (Å²) in [6, 6.07) is 6.63. The van der Waals surface area contributed by atoms with Crippen LogP contribution in [0.5, 0.6) is 0 Å². The van der Waals surface area contributed by atoms with E-state index in [4.69, 9.17) is 4.52 Å². The van der Waals surface area contributed by atoms with Crippen molar-refractivity contribution in [3.63, 3.8) is 0 Å². The molecule has 120 valence electrons. The zero-order valence-electron chi connectivity index (χ0n) is 12.2. The van der Waals surface area contributed by atoms with Crippen LogP contribution in [0.25, 0.3) is 5.69 Å². The van der Waals surface area contributed by atoms with Gasteiger partial charge in [0, 0.05) is 29.1 Å². The third-order valence-corrected chi connectivity index (χ3v) is 4.33. The molecule has 0 aliphatic rings. The standard InChI is InChI=1S/C15H13F2N3O2S/c1-10-6-13(19-22-10)9-23(21)8-12-4-5-20(18-12)15-3-2-11(16)7-14(15)17/h2-7H,8-9H2,1H3/t23-/m1/s1. The third kappa shape index (κ3) is 3.70. The third-order valence-electron chi connectivity index (χ3n) is 3.10. The van der Waals surface area contributed by atoms with Crippen molar-refractivity contribution < 1.29 is 17.5 Å². The molecule has 1 aromatic carbocycles. The average molecular weight is 337 g/mol. The van der Waals surface area contributed by atoms with Gasteiger partial charge in [-0.1, -0.05) is 5.16 Å². The molecule has 0 amide bonds. The fraction of sp³-hybridized carbons (Fsp3) is 0.200. The lowest BCUT2D eigenvalue weighted by atomic mass is 10.3. The van der Waals surface area contributed by atoms with Crippen molar-refractivity contribution in [1.82, 2.24) is 14.9 Å². The second-order valence-corrected chi connectivity index (χ2v) is 6.46.